The zero-order valence-electron chi connectivity index (χ0n) is 13.9. The quantitative estimate of drug-likeness (QED) is 0.731. The number of carbonyl (C=O) groups is 1. The van der Waals surface area contributed by atoms with Crippen LogP contribution < -0.4 is 14.8 Å². The summed E-state index contributed by atoms with van der Waals surface area (Å²) >= 11 is 0. The predicted octanol–water partition coefficient (Wildman–Crippen LogP) is 1.30. The molecule has 0 saturated carbocycles. The summed E-state index contributed by atoms with van der Waals surface area (Å²) in [5.41, 5.74) is 0. The molecule has 1 fully saturated rings. The SMILES string of the molecule is COc1ccc(O[C@H](C)C(=O)NCCCN2CCOCC2)cc1. The molecule has 0 spiro atoms. The first-order valence-corrected chi connectivity index (χ1v) is 8.07. The lowest BCUT2D eigenvalue weighted by atomic mass is 10.3. The van der Waals surface area contributed by atoms with Gasteiger partial charge in [-0.3, -0.25) is 9.69 Å². The number of hydrogen-bond acceptors (Lipinski definition) is 5. The van der Waals surface area contributed by atoms with Crippen molar-refractivity contribution in [1.82, 2.24) is 10.2 Å². The van der Waals surface area contributed by atoms with Crippen LogP contribution in [-0.2, 0) is 9.53 Å². The highest BCUT2D eigenvalue weighted by molar-refractivity contribution is 5.80. The molecule has 0 aliphatic carbocycles. The van der Waals surface area contributed by atoms with E-state index < -0.39 is 6.10 Å². The first-order chi connectivity index (χ1) is 11.2. The third-order valence-electron chi connectivity index (χ3n) is 3.80. The minimum absolute atomic E-state index is 0.0946. The summed E-state index contributed by atoms with van der Waals surface area (Å²) < 4.78 is 16.0. The first-order valence-electron chi connectivity index (χ1n) is 8.07. The van der Waals surface area contributed by atoms with Crippen molar-refractivity contribution >= 4 is 5.91 Å². The molecule has 0 unspecified atom stereocenters. The molecular formula is C17H26N2O4. The molecule has 1 aliphatic rings. The van der Waals surface area contributed by atoms with Gasteiger partial charge in [0, 0.05) is 19.6 Å². The van der Waals surface area contributed by atoms with E-state index in [0.717, 1.165) is 45.0 Å². The molecule has 128 valence electrons. The maximum atomic E-state index is 12.0. The van der Waals surface area contributed by atoms with Crippen LogP contribution in [0.15, 0.2) is 24.3 Å². The number of ether oxygens (including phenoxy) is 3. The Balaban J connectivity index is 1.63. The Morgan fingerprint density at radius 3 is 2.57 bits per heavy atom. The highest BCUT2D eigenvalue weighted by atomic mass is 16.5. The van der Waals surface area contributed by atoms with Crippen LogP contribution in [0, 0.1) is 0 Å². The van der Waals surface area contributed by atoms with Gasteiger partial charge in [0.15, 0.2) is 6.10 Å². The Labute approximate surface area is 137 Å². The highest BCUT2D eigenvalue weighted by Gasteiger charge is 2.14. The van der Waals surface area contributed by atoms with Crippen molar-refractivity contribution in [1.29, 1.82) is 0 Å². The molecule has 6 heteroatoms. The van der Waals surface area contributed by atoms with E-state index in [1.54, 1.807) is 26.2 Å². The fourth-order valence-electron chi connectivity index (χ4n) is 2.39. The van der Waals surface area contributed by atoms with Crippen LogP contribution in [0.25, 0.3) is 0 Å². The molecule has 1 aromatic rings. The van der Waals surface area contributed by atoms with E-state index in [4.69, 9.17) is 14.2 Å². The lowest BCUT2D eigenvalue weighted by Crippen LogP contribution is -2.40. The number of hydrogen-bond donors (Lipinski definition) is 1. The van der Waals surface area contributed by atoms with Gasteiger partial charge in [0.2, 0.25) is 0 Å². The fourth-order valence-corrected chi connectivity index (χ4v) is 2.39. The van der Waals surface area contributed by atoms with Gasteiger partial charge in [-0.05, 0) is 44.2 Å². The predicted molar refractivity (Wildman–Crippen MR) is 88.0 cm³/mol. The maximum Gasteiger partial charge on any atom is 0.260 e. The van der Waals surface area contributed by atoms with Crippen molar-refractivity contribution in [3.05, 3.63) is 24.3 Å². The number of amides is 1. The summed E-state index contributed by atoms with van der Waals surface area (Å²) in [6, 6.07) is 7.20. The zero-order chi connectivity index (χ0) is 16.5. The summed E-state index contributed by atoms with van der Waals surface area (Å²) in [5.74, 6) is 1.32. The van der Waals surface area contributed by atoms with Crippen molar-refractivity contribution in [3.8, 4) is 11.5 Å². The lowest BCUT2D eigenvalue weighted by Gasteiger charge is -2.26. The van der Waals surface area contributed by atoms with Crippen molar-refractivity contribution in [2.75, 3.05) is 46.5 Å². The number of benzene rings is 1. The van der Waals surface area contributed by atoms with Gasteiger partial charge in [0.05, 0.1) is 20.3 Å². The average molecular weight is 322 g/mol. The van der Waals surface area contributed by atoms with Crippen molar-refractivity contribution in [3.63, 3.8) is 0 Å². The zero-order valence-corrected chi connectivity index (χ0v) is 13.9. The molecule has 1 atom stereocenters. The Kier molecular flexibility index (Phi) is 7.16. The number of rotatable bonds is 8. The number of nitrogens with zero attached hydrogens (tertiary/aromatic N) is 1. The lowest BCUT2D eigenvalue weighted by molar-refractivity contribution is -0.127. The largest absolute Gasteiger partial charge is 0.497 e. The van der Waals surface area contributed by atoms with Gasteiger partial charge >= 0.3 is 0 Å². The normalized spacial score (nSPS) is 16.6. The van der Waals surface area contributed by atoms with Crippen LogP contribution in [0.1, 0.15) is 13.3 Å². The molecule has 1 aromatic carbocycles. The molecule has 1 saturated heterocycles. The smallest absolute Gasteiger partial charge is 0.260 e. The molecule has 1 aliphatic heterocycles. The van der Waals surface area contributed by atoms with E-state index in [9.17, 15) is 4.79 Å². The molecule has 23 heavy (non-hydrogen) atoms. The first kappa shape index (κ1) is 17.6. The van der Waals surface area contributed by atoms with Crippen molar-refractivity contribution in [2.45, 2.75) is 19.4 Å². The Bertz CT molecular complexity index is 472. The van der Waals surface area contributed by atoms with E-state index >= 15 is 0 Å². The van der Waals surface area contributed by atoms with Gasteiger partial charge in [0.25, 0.3) is 5.91 Å². The van der Waals surface area contributed by atoms with Crippen molar-refractivity contribution in [2.24, 2.45) is 0 Å². The molecule has 6 nitrogen and oxygen atoms in total. The molecule has 1 N–H and O–H groups in total. The molecule has 0 bridgehead atoms. The van der Waals surface area contributed by atoms with E-state index in [1.165, 1.54) is 0 Å². The number of nitrogens with one attached hydrogen (secondary N) is 1. The number of morpholine rings is 1. The van der Waals surface area contributed by atoms with Gasteiger partial charge in [-0.1, -0.05) is 0 Å². The molecular weight excluding hydrogens is 296 g/mol. The Hall–Kier alpha value is -1.79. The van der Waals surface area contributed by atoms with E-state index in [2.05, 4.69) is 10.2 Å². The molecule has 1 amide bonds. The highest BCUT2D eigenvalue weighted by Crippen LogP contribution is 2.18. The summed E-state index contributed by atoms with van der Waals surface area (Å²) in [6.07, 6.45) is 0.410. The molecule has 0 aromatic heterocycles. The van der Waals surface area contributed by atoms with Crippen LogP contribution in [0.5, 0.6) is 11.5 Å². The van der Waals surface area contributed by atoms with E-state index in [-0.39, 0.29) is 5.91 Å². The Morgan fingerprint density at radius 1 is 1.26 bits per heavy atom. The van der Waals surface area contributed by atoms with Crippen LogP contribution in [0.2, 0.25) is 0 Å². The average Bonchev–Trinajstić information content (AvgIpc) is 2.60. The number of methoxy groups -OCH3 is 1. The molecule has 1 heterocycles. The minimum atomic E-state index is -0.521. The van der Waals surface area contributed by atoms with Gasteiger partial charge < -0.3 is 19.5 Å². The van der Waals surface area contributed by atoms with Gasteiger partial charge in [-0.25, -0.2) is 0 Å². The standard InChI is InChI=1S/C17H26N2O4/c1-14(23-16-6-4-15(21-2)5-7-16)17(20)18-8-3-9-19-10-12-22-13-11-19/h4-7,14H,3,8-13H2,1-2H3,(H,18,20)/t14-/m1/s1. The van der Waals surface area contributed by atoms with Crippen LogP contribution in [0.4, 0.5) is 0 Å². The third-order valence-corrected chi connectivity index (χ3v) is 3.80. The van der Waals surface area contributed by atoms with Crippen molar-refractivity contribution < 1.29 is 19.0 Å². The second-order valence-corrected chi connectivity index (χ2v) is 5.53. The fraction of sp³-hybridized carbons (Fsp3) is 0.588. The van der Waals surface area contributed by atoms with Crippen LogP contribution >= 0.6 is 0 Å². The van der Waals surface area contributed by atoms with Gasteiger partial charge in [0.1, 0.15) is 11.5 Å². The van der Waals surface area contributed by atoms with Gasteiger partial charge in [-0.2, -0.15) is 0 Å². The van der Waals surface area contributed by atoms with E-state index in [1.807, 2.05) is 12.1 Å². The topological polar surface area (TPSA) is 60.0 Å². The third kappa shape index (κ3) is 6.08. The summed E-state index contributed by atoms with van der Waals surface area (Å²) in [5, 5.41) is 2.92. The second kappa shape index (κ2) is 9.37. The molecule has 0 radical (unpaired) electrons. The maximum absolute atomic E-state index is 12.0. The molecule has 2 rings (SSSR count). The second-order valence-electron chi connectivity index (χ2n) is 5.53. The number of carbonyl (C=O) groups excluding carboxylic acids is 1. The van der Waals surface area contributed by atoms with Crippen LogP contribution in [0.3, 0.4) is 0 Å². The van der Waals surface area contributed by atoms with E-state index in [0.29, 0.717) is 12.3 Å². The summed E-state index contributed by atoms with van der Waals surface area (Å²) in [7, 11) is 1.61. The summed E-state index contributed by atoms with van der Waals surface area (Å²) in [6.45, 7) is 6.96. The van der Waals surface area contributed by atoms with Crippen LogP contribution in [-0.4, -0.2) is 63.4 Å². The monoisotopic (exact) mass is 322 g/mol. The summed E-state index contributed by atoms with van der Waals surface area (Å²) in [4.78, 5) is 14.4. The minimum Gasteiger partial charge on any atom is -0.497 e. The Morgan fingerprint density at radius 2 is 1.91 bits per heavy atom. The van der Waals surface area contributed by atoms with Gasteiger partial charge in [-0.15, -0.1) is 0 Å².